The van der Waals surface area contributed by atoms with E-state index in [0.29, 0.717) is 16.3 Å². The minimum Gasteiger partial charge on any atom is -0.484 e. The molecule has 0 aliphatic carbocycles. The Morgan fingerprint density at radius 2 is 1.77 bits per heavy atom. The highest BCUT2D eigenvalue weighted by molar-refractivity contribution is 8.18. The van der Waals surface area contributed by atoms with E-state index in [2.05, 4.69) is 10.6 Å². The van der Waals surface area contributed by atoms with Gasteiger partial charge in [-0.05, 0) is 76.6 Å². The summed E-state index contributed by atoms with van der Waals surface area (Å²) in [5, 5.41) is 6.29. The first-order valence-electron chi connectivity index (χ1n) is 8.93. The lowest BCUT2D eigenvalue weighted by Crippen LogP contribution is -2.20. The number of nitrogens with one attached hydrogen (secondary N) is 2. The summed E-state index contributed by atoms with van der Waals surface area (Å²) in [6, 6.07) is 16.5. The SMILES string of the molecule is O=C(COc1ccc2cc(/C=C3/SC(=O)NC3=O)ccc2c1)Nc1ccc(F)cc1. The van der Waals surface area contributed by atoms with Crippen LogP contribution in [0.15, 0.2) is 65.6 Å². The molecule has 30 heavy (non-hydrogen) atoms. The number of imide groups is 1. The molecule has 8 heteroatoms. The summed E-state index contributed by atoms with van der Waals surface area (Å²) in [5.41, 5.74) is 1.28. The van der Waals surface area contributed by atoms with E-state index in [4.69, 9.17) is 4.74 Å². The van der Waals surface area contributed by atoms with Crippen LogP contribution in [0.5, 0.6) is 5.75 Å². The van der Waals surface area contributed by atoms with Crippen LogP contribution in [0.1, 0.15) is 5.56 Å². The number of halogens is 1. The van der Waals surface area contributed by atoms with Crippen molar-refractivity contribution in [3.05, 3.63) is 76.9 Å². The van der Waals surface area contributed by atoms with Gasteiger partial charge in [-0.3, -0.25) is 19.7 Å². The second-order valence-corrected chi connectivity index (χ2v) is 7.48. The van der Waals surface area contributed by atoms with E-state index in [1.165, 1.54) is 24.3 Å². The molecule has 150 valence electrons. The van der Waals surface area contributed by atoms with Gasteiger partial charge in [-0.2, -0.15) is 0 Å². The summed E-state index contributed by atoms with van der Waals surface area (Å²) < 4.78 is 18.5. The molecule has 1 heterocycles. The van der Waals surface area contributed by atoms with Crippen LogP contribution in [-0.2, 0) is 9.59 Å². The van der Waals surface area contributed by atoms with E-state index in [-0.39, 0.29) is 23.6 Å². The van der Waals surface area contributed by atoms with Crippen molar-refractivity contribution in [1.82, 2.24) is 5.32 Å². The molecule has 3 amide bonds. The molecule has 1 aliphatic rings. The second-order valence-electron chi connectivity index (χ2n) is 6.46. The van der Waals surface area contributed by atoms with Gasteiger partial charge >= 0.3 is 0 Å². The first kappa shape index (κ1) is 19.7. The van der Waals surface area contributed by atoms with E-state index in [1.807, 2.05) is 24.3 Å². The van der Waals surface area contributed by atoms with Gasteiger partial charge in [0.05, 0.1) is 4.91 Å². The summed E-state index contributed by atoms with van der Waals surface area (Å²) in [5.74, 6) is -0.601. The van der Waals surface area contributed by atoms with Gasteiger partial charge in [-0.1, -0.05) is 18.2 Å². The predicted octanol–water partition coefficient (Wildman–Crippen LogP) is 4.32. The first-order chi connectivity index (χ1) is 14.5. The van der Waals surface area contributed by atoms with Crippen molar-refractivity contribution in [2.45, 2.75) is 0 Å². The Labute approximate surface area is 175 Å². The number of thioether (sulfide) groups is 1. The zero-order valence-corrected chi connectivity index (χ0v) is 16.3. The fourth-order valence-electron chi connectivity index (χ4n) is 2.87. The third kappa shape index (κ3) is 4.66. The van der Waals surface area contributed by atoms with Crippen molar-refractivity contribution in [3.8, 4) is 5.75 Å². The van der Waals surface area contributed by atoms with Gasteiger partial charge < -0.3 is 10.1 Å². The number of ether oxygens (including phenoxy) is 1. The average molecular weight is 422 g/mol. The number of benzene rings is 3. The number of hydrogen-bond acceptors (Lipinski definition) is 5. The molecule has 0 bridgehead atoms. The largest absolute Gasteiger partial charge is 0.484 e. The molecule has 4 rings (SSSR count). The third-order valence-corrected chi connectivity index (χ3v) is 5.08. The van der Waals surface area contributed by atoms with Gasteiger partial charge in [0.1, 0.15) is 11.6 Å². The monoisotopic (exact) mass is 422 g/mol. The molecule has 3 aromatic rings. The van der Waals surface area contributed by atoms with E-state index in [0.717, 1.165) is 28.1 Å². The first-order valence-corrected chi connectivity index (χ1v) is 9.75. The Hall–Kier alpha value is -3.65. The Kier molecular flexibility index (Phi) is 5.49. The Morgan fingerprint density at radius 1 is 1.03 bits per heavy atom. The summed E-state index contributed by atoms with van der Waals surface area (Å²) >= 11 is 0.872. The summed E-state index contributed by atoms with van der Waals surface area (Å²) in [7, 11) is 0. The number of hydrogen-bond donors (Lipinski definition) is 2. The van der Waals surface area contributed by atoms with Gasteiger partial charge in [-0.25, -0.2) is 4.39 Å². The lowest BCUT2D eigenvalue weighted by Gasteiger charge is -2.09. The minimum absolute atomic E-state index is 0.187. The zero-order chi connectivity index (χ0) is 21.1. The van der Waals surface area contributed by atoms with Crippen molar-refractivity contribution in [2.75, 3.05) is 11.9 Å². The fraction of sp³-hybridized carbons (Fsp3) is 0.0455. The molecular weight excluding hydrogens is 407 g/mol. The van der Waals surface area contributed by atoms with Crippen LogP contribution in [0, 0.1) is 5.82 Å². The zero-order valence-electron chi connectivity index (χ0n) is 15.5. The molecule has 1 aliphatic heterocycles. The van der Waals surface area contributed by atoms with Crippen molar-refractivity contribution in [2.24, 2.45) is 0 Å². The van der Waals surface area contributed by atoms with Gasteiger partial charge in [-0.15, -0.1) is 0 Å². The van der Waals surface area contributed by atoms with Gasteiger partial charge in [0.2, 0.25) is 0 Å². The van der Waals surface area contributed by atoms with Crippen LogP contribution in [0.3, 0.4) is 0 Å². The minimum atomic E-state index is -0.396. The van der Waals surface area contributed by atoms with Crippen molar-refractivity contribution in [1.29, 1.82) is 0 Å². The quantitative estimate of drug-likeness (QED) is 0.598. The molecule has 0 atom stereocenters. The van der Waals surface area contributed by atoms with E-state index in [1.54, 1.807) is 18.2 Å². The average Bonchev–Trinajstić information content (AvgIpc) is 3.04. The number of carbonyl (C=O) groups is 3. The summed E-state index contributed by atoms with van der Waals surface area (Å²) in [4.78, 5) is 35.3. The highest BCUT2D eigenvalue weighted by atomic mass is 32.2. The molecule has 0 aromatic heterocycles. The van der Waals surface area contributed by atoms with Crippen LogP contribution in [0.25, 0.3) is 16.8 Å². The van der Waals surface area contributed by atoms with E-state index in [9.17, 15) is 18.8 Å². The predicted molar refractivity (Wildman–Crippen MR) is 114 cm³/mol. The second kappa shape index (κ2) is 8.38. The Morgan fingerprint density at radius 3 is 2.50 bits per heavy atom. The maximum atomic E-state index is 12.9. The maximum Gasteiger partial charge on any atom is 0.290 e. The molecule has 0 spiro atoms. The van der Waals surface area contributed by atoms with Crippen LogP contribution >= 0.6 is 11.8 Å². The lowest BCUT2D eigenvalue weighted by molar-refractivity contribution is -0.118. The third-order valence-electron chi connectivity index (χ3n) is 4.27. The molecule has 1 fully saturated rings. The Bertz CT molecular complexity index is 1190. The van der Waals surface area contributed by atoms with Crippen molar-refractivity contribution < 1.29 is 23.5 Å². The molecule has 3 aromatic carbocycles. The molecule has 0 radical (unpaired) electrons. The molecule has 0 saturated carbocycles. The molecule has 0 unspecified atom stereocenters. The standard InChI is InChI=1S/C22H15FN2O4S/c23-16-4-6-17(7-5-16)24-20(26)12-29-18-8-3-14-9-13(1-2-15(14)11-18)10-19-21(27)25-22(28)30-19/h1-11H,12H2,(H,24,26)(H,25,27,28)/b19-10+. The highest BCUT2D eigenvalue weighted by Gasteiger charge is 2.24. The van der Waals surface area contributed by atoms with Crippen LogP contribution < -0.4 is 15.4 Å². The number of rotatable bonds is 5. The Balaban J connectivity index is 1.41. The van der Waals surface area contributed by atoms with Crippen molar-refractivity contribution in [3.63, 3.8) is 0 Å². The molecule has 1 saturated heterocycles. The number of carbonyl (C=O) groups excluding carboxylic acids is 3. The number of anilines is 1. The van der Waals surface area contributed by atoms with Crippen molar-refractivity contribution >= 4 is 51.4 Å². The molecule has 6 nitrogen and oxygen atoms in total. The van der Waals surface area contributed by atoms with Crippen LogP contribution in [0.4, 0.5) is 14.9 Å². The maximum absolute atomic E-state index is 12.9. The smallest absolute Gasteiger partial charge is 0.290 e. The normalized spacial score (nSPS) is 14.8. The molecule has 2 N–H and O–H groups in total. The summed E-state index contributed by atoms with van der Waals surface area (Å²) in [6.07, 6.45) is 1.66. The lowest BCUT2D eigenvalue weighted by atomic mass is 10.1. The summed E-state index contributed by atoms with van der Waals surface area (Å²) in [6.45, 7) is -0.187. The van der Waals surface area contributed by atoms with E-state index < -0.39 is 5.91 Å². The topological polar surface area (TPSA) is 84.5 Å². The number of fused-ring (bicyclic) bond motifs is 1. The van der Waals surface area contributed by atoms with Gasteiger partial charge in [0.25, 0.3) is 17.1 Å². The van der Waals surface area contributed by atoms with Crippen LogP contribution in [-0.4, -0.2) is 23.7 Å². The van der Waals surface area contributed by atoms with E-state index >= 15 is 0 Å². The van der Waals surface area contributed by atoms with Crippen LogP contribution in [0.2, 0.25) is 0 Å². The fourth-order valence-corrected chi connectivity index (χ4v) is 3.56. The van der Waals surface area contributed by atoms with Gasteiger partial charge in [0.15, 0.2) is 6.61 Å². The number of amides is 3. The molecular formula is C22H15FN2O4S. The van der Waals surface area contributed by atoms with Gasteiger partial charge in [0, 0.05) is 5.69 Å². The highest BCUT2D eigenvalue weighted by Crippen LogP contribution is 2.28.